The number of carboxylic acids is 1. The summed E-state index contributed by atoms with van der Waals surface area (Å²) in [6.07, 6.45) is 15.6. The van der Waals surface area contributed by atoms with Gasteiger partial charge >= 0.3 is 5.97 Å². The van der Waals surface area contributed by atoms with E-state index in [4.69, 9.17) is 4.98 Å². The van der Waals surface area contributed by atoms with Crippen LogP contribution < -0.4 is 15.8 Å². The number of carboxylic acid groups (broad SMARTS) is 1. The van der Waals surface area contributed by atoms with E-state index >= 15 is 0 Å². The average Bonchev–Trinajstić information content (AvgIpc) is 3.06. The second kappa shape index (κ2) is 10.2. The Bertz CT molecular complexity index is 1270. The summed E-state index contributed by atoms with van der Waals surface area (Å²) in [6.45, 7) is 0.474. The summed E-state index contributed by atoms with van der Waals surface area (Å²) in [7, 11) is 1.78. The van der Waals surface area contributed by atoms with Gasteiger partial charge in [-0.15, -0.1) is 0 Å². The highest BCUT2D eigenvalue weighted by Crippen LogP contribution is 2.47. The second-order valence-corrected chi connectivity index (χ2v) is 13.1. The lowest BCUT2D eigenvalue weighted by Gasteiger charge is -2.54. The molecule has 8 heteroatoms. The van der Waals surface area contributed by atoms with Crippen molar-refractivity contribution in [3.63, 3.8) is 0 Å². The standard InChI is InChI=1S/C31H43N5O3/c1-32-26-18-34(28(26)31(38)39)29-30(37)36(27-12-5-4-11-25(27)33-29)24-16-21-9-6-10-22(17-24)35(21)23-14-19-7-2-3-8-20(13-19)15-23/h4-5,11-12,19-24,26,28,32H,2-3,6-10,13-18H2,1H3,(H,38,39)/t19-,20+,21-,22+,23-,24+,26-,28+/m1/s1. The minimum Gasteiger partial charge on any atom is -0.480 e. The van der Waals surface area contributed by atoms with Crippen LogP contribution in [0.2, 0.25) is 0 Å². The molecule has 3 saturated heterocycles. The number of aromatic nitrogens is 2. The maximum atomic E-state index is 14.2. The van der Waals surface area contributed by atoms with E-state index in [1.807, 2.05) is 28.8 Å². The van der Waals surface area contributed by atoms with Gasteiger partial charge < -0.3 is 19.9 Å². The van der Waals surface area contributed by atoms with Gasteiger partial charge in [0.05, 0.1) is 17.1 Å². The highest BCUT2D eigenvalue weighted by molar-refractivity contribution is 5.83. The van der Waals surface area contributed by atoms with Crippen LogP contribution >= 0.6 is 0 Å². The predicted molar refractivity (Wildman–Crippen MR) is 152 cm³/mol. The number of para-hydroxylation sites is 2. The van der Waals surface area contributed by atoms with Crippen LogP contribution in [0.4, 0.5) is 5.82 Å². The Kier molecular flexibility index (Phi) is 6.66. The Labute approximate surface area is 230 Å². The highest BCUT2D eigenvalue weighted by atomic mass is 16.4. The normalized spacial score (nSPS) is 36.8. The monoisotopic (exact) mass is 533 g/mol. The van der Waals surface area contributed by atoms with Crippen LogP contribution in [0.25, 0.3) is 11.0 Å². The topological polar surface area (TPSA) is 90.7 Å². The lowest BCUT2D eigenvalue weighted by molar-refractivity contribution is -0.140. The summed E-state index contributed by atoms with van der Waals surface area (Å²) in [4.78, 5) is 35.6. The number of nitrogens with one attached hydrogen (secondary N) is 1. The van der Waals surface area contributed by atoms with Gasteiger partial charge in [0.15, 0.2) is 5.82 Å². The lowest BCUT2D eigenvalue weighted by atomic mass is 9.73. The van der Waals surface area contributed by atoms with Crippen molar-refractivity contribution in [2.24, 2.45) is 11.8 Å². The van der Waals surface area contributed by atoms with Crippen LogP contribution in [-0.2, 0) is 4.79 Å². The van der Waals surface area contributed by atoms with E-state index in [1.54, 1.807) is 11.9 Å². The van der Waals surface area contributed by atoms with Gasteiger partial charge in [0.25, 0.3) is 5.56 Å². The maximum Gasteiger partial charge on any atom is 0.328 e. The van der Waals surface area contributed by atoms with Gasteiger partial charge in [-0.05, 0) is 76.0 Å². The molecule has 4 heterocycles. The number of benzene rings is 1. The smallest absolute Gasteiger partial charge is 0.328 e. The lowest BCUT2D eigenvalue weighted by Crippen LogP contribution is -2.69. The Balaban J connectivity index is 1.22. The van der Waals surface area contributed by atoms with Crippen molar-refractivity contribution in [1.82, 2.24) is 19.8 Å². The minimum atomic E-state index is -0.919. The van der Waals surface area contributed by atoms with E-state index in [2.05, 4.69) is 10.2 Å². The number of nitrogens with zero attached hydrogens (tertiary/aromatic N) is 4. The number of likely N-dealkylation sites (N-methyl/N-ethyl adjacent to an activating group) is 1. The minimum absolute atomic E-state index is 0.117. The van der Waals surface area contributed by atoms with Crippen LogP contribution in [0.3, 0.4) is 0 Å². The van der Waals surface area contributed by atoms with Crippen LogP contribution in [0.1, 0.15) is 83.1 Å². The van der Waals surface area contributed by atoms with Crippen molar-refractivity contribution < 1.29 is 9.90 Å². The van der Waals surface area contributed by atoms with Crippen LogP contribution in [0, 0.1) is 11.8 Å². The molecular weight excluding hydrogens is 490 g/mol. The molecule has 3 aliphatic heterocycles. The molecule has 2 saturated carbocycles. The molecule has 0 radical (unpaired) electrons. The summed E-state index contributed by atoms with van der Waals surface area (Å²) in [5.41, 5.74) is 1.52. The van der Waals surface area contributed by atoms with Crippen LogP contribution in [0.5, 0.6) is 0 Å². The Morgan fingerprint density at radius 2 is 1.59 bits per heavy atom. The fourth-order valence-electron chi connectivity index (χ4n) is 9.27. The third-order valence-electron chi connectivity index (χ3n) is 10.9. The SMILES string of the molecule is CN[C@@H]1CN(c2nc3ccccc3n([C@H]3C[C@H]4CCC[C@@H](C3)N4[C@@H]3C[C@@H]4CCCC[C@@H](C4)C3)c2=O)[C@@H]1C(=O)O. The number of piperidine rings is 2. The van der Waals surface area contributed by atoms with Crippen molar-refractivity contribution in [1.29, 1.82) is 0 Å². The summed E-state index contributed by atoms with van der Waals surface area (Å²) in [6, 6.07) is 8.83. The fourth-order valence-corrected chi connectivity index (χ4v) is 9.27. The molecule has 5 fully saturated rings. The van der Waals surface area contributed by atoms with Crippen LogP contribution in [0.15, 0.2) is 29.1 Å². The Morgan fingerprint density at radius 3 is 2.26 bits per heavy atom. The zero-order valence-electron chi connectivity index (χ0n) is 23.2. The van der Waals surface area contributed by atoms with Crippen molar-refractivity contribution >= 4 is 22.8 Å². The largest absolute Gasteiger partial charge is 0.480 e. The van der Waals surface area contributed by atoms with E-state index in [0.717, 1.165) is 35.7 Å². The fraction of sp³-hybridized carbons (Fsp3) is 0.710. The van der Waals surface area contributed by atoms with Crippen molar-refractivity contribution in [2.75, 3.05) is 18.5 Å². The molecule has 2 N–H and O–H groups in total. The van der Waals surface area contributed by atoms with Crippen LogP contribution in [-0.4, -0.2) is 69.3 Å². The molecule has 0 amide bonds. The molecular formula is C31H43N5O3. The molecule has 4 bridgehead atoms. The Hall–Kier alpha value is -2.45. The maximum absolute atomic E-state index is 14.2. The van der Waals surface area contributed by atoms with E-state index in [0.29, 0.717) is 24.7 Å². The van der Waals surface area contributed by atoms with Gasteiger partial charge in [-0.2, -0.15) is 0 Å². The number of aliphatic carboxylic acids is 1. The first-order valence-corrected chi connectivity index (χ1v) is 15.5. The molecule has 210 valence electrons. The van der Waals surface area contributed by atoms with E-state index in [9.17, 15) is 14.7 Å². The van der Waals surface area contributed by atoms with Crippen molar-refractivity contribution in [3.05, 3.63) is 34.6 Å². The second-order valence-electron chi connectivity index (χ2n) is 13.1. The van der Waals surface area contributed by atoms with Crippen molar-refractivity contribution in [2.45, 2.75) is 113 Å². The predicted octanol–water partition coefficient (Wildman–Crippen LogP) is 4.17. The summed E-state index contributed by atoms with van der Waals surface area (Å²) in [5, 5.41) is 13.0. The third kappa shape index (κ3) is 4.38. The molecule has 8 atom stereocenters. The van der Waals surface area contributed by atoms with Gasteiger partial charge in [-0.3, -0.25) is 9.69 Å². The van der Waals surface area contributed by atoms with Gasteiger partial charge in [0.1, 0.15) is 6.04 Å². The summed E-state index contributed by atoms with van der Waals surface area (Å²) < 4.78 is 2.01. The first-order valence-electron chi connectivity index (χ1n) is 15.5. The third-order valence-corrected chi connectivity index (χ3v) is 10.9. The number of carbonyl (C=O) groups is 1. The van der Waals surface area contributed by atoms with Gasteiger partial charge in [-0.25, -0.2) is 9.78 Å². The average molecular weight is 534 g/mol. The molecule has 2 aromatic rings. The summed E-state index contributed by atoms with van der Waals surface area (Å²) in [5.74, 6) is 1.18. The first kappa shape index (κ1) is 25.5. The first-order chi connectivity index (χ1) is 19.0. The zero-order valence-corrected chi connectivity index (χ0v) is 23.2. The number of hydrogen-bond donors (Lipinski definition) is 2. The number of anilines is 1. The van der Waals surface area contributed by atoms with E-state index in [-0.39, 0.29) is 23.5 Å². The van der Waals surface area contributed by atoms with E-state index < -0.39 is 12.0 Å². The number of rotatable bonds is 5. The Morgan fingerprint density at radius 1 is 0.897 bits per heavy atom. The number of fused-ring (bicyclic) bond motifs is 5. The molecule has 0 spiro atoms. The molecule has 5 aliphatic rings. The molecule has 1 aromatic carbocycles. The van der Waals surface area contributed by atoms with Crippen molar-refractivity contribution in [3.8, 4) is 0 Å². The molecule has 7 rings (SSSR count). The van der Waals surface area contributed by atoms with E-state index in [1.165, 1.54) is 64.2 Å². The molecule has 2 aliphatic carbocycles. The summed E-state index contributed by atoms with van der Waals surface area (Å²) >= 11 is 0. The molecule has 39 heavy (non-hydrogen) atoms. The van der Waals surface area contributed by atoms with Gasteiger partial charge in [-0.1, -0.05) is 44.2 Å². The van der Waals surface area contributed by atoms with Gasteiger partial charge in [0, 0.05) is 30.7 Å². The quantitative estimate of drug-likeness (QED) is 0.596. The molecule has 1 aromatic heterocycles. The highest BCUT2D eigenvalue weighted by Gasteiger charge is 2.47. The molecule has 8 nitrogen and oxygen atoms in total. The van der Waals surface area contributed by atoms with Gasteiger partial charge in [0.2, 0.25) is 0 Å². The molecule has 0 unspecified atom stereocenters. The number of hydrogen-bond acceptors (Lipinski definition) is 6. The zero-order chi connectivity index (χ0) is 26.7.